The fourth-order valence-electron chi connectivity index (χ4n) is 5.18. The number of para-hydroxylation sites is 1. The van der Waals surface area contributed by atoms with Gasteiger partial charge in [-0.2, -0.15) is 13.2 Å². The molecule has 274 valence electrons. The summed E-state index contributed by atoms with van der Waals surface area (Å²) in [5.41, 5.74) is 11.1. The van der Waals surface area contributed by atoms with E-state index in [9.17, 15) is 13.2 Å². The summed E-state index contributed by atoms with van der Waals surface area (Å²) in [6.45, 7) is 0.163. The molecule has 4 aromatic carbocycles. The maximum absolute atomic E-state index is 14.6. The average Bonchev–Trinajstić information content (AvgIpc) is 3.16. The summed E-state index contributed by atoms with van der Waals surface area (Å²) in [5, 5.41) is 3.49. The molecule has 15 heteroatoms. The van der Waals surface area contributed by atoms with Gasteiger partial charge < -0.3 is 28.4 Å². The van der Waals surface area contributed by atoms with Crippen molar-refractivity contribution in [3.8, 4) is 0 Å². The Morgan fingerprint density at radius 3 is 1.71 bits per heavy atom. The van der Waals surface area contributed by atoms with Crippen LogP contribution in [0.3, 0.4) is 0 Å². The first-order chi connectivity index (χ1) is 25.4. The van der Waals surface area contributed by atoms with Gasteiger partial charge in [0.15, 0.2) is 0 Å². The number of nitrogens with zero attached hydrogens (tertiary/aromatic N) is 4. The van der Waals surface area contributed by atoms with Crippen molar-refractivity contribution < 1.29 is 41.6 Å². The van der Waals surface area contributed by atoms with E-state index in [1.165, 1.54) is 33.7 Å². The van der Waals surface area contributed by atoms with Crippen molar-refractivity contribution >= 4 is 33.2 Å². The highest BCUT2D eigenvalue weighted by Crippen LogP contribution is 2.34. The zero-order chi connectivity index (χ0) is 36.4. The lowest BCUT2D eigenvalue weighted by atomic mass is 9.97. The lowest BCUT2D eigenvalue weighted by Crippen LogP contribution is -2.62. The number of alkyl halides is 3. The minimum atomic E-state index is -4.98. The van der Waals surface area contributed by atoms with Gasteiger partial charge in [0.25, 0.3) is 5.90 Å². The first kappa shape index (κ1) is 39.2. The summed E-state index contributed by atoms with van der Waals surface area (Å²) >= 11 is 0. The minimum absolute atomic E-state index is 0.0166. The maximum atomic E-state index is 14.6. The number of hydrogen-bond donors (Lipinski definition) is 0. The Morgan fingerprint density at radius 1 is 0.692 bits per heavy atom. The van der Waals surface area contributed by atoms with Gasteiger partial charge in [0, 0.05) is 4.91 Å². The van der Waals surface area contributed by atoms with Gasteiger partial charge in [-0.15, -0.1) is 0 Å². The van der Waals surface area contributed by atoms with Crippen LogP contribution in [0.15, 0.2) is 131 Å². The van der Waals surface area contributed by atoms with Crippen LogP contribution in [0, 0.1) is 0 Å². The average molecular weight is 755 g/mol. The Bertz CT molecular complexity index is 1690. The molecule has 1 saturated heterocycles. The van der Waals surface area contributed by atoms with Crippen LogP contribution in [0.25, 0.3) is 10.4 Å². The molecule has 0 spiro atoms. The molecule has 0 aliphatic carbocycles. The molecular weight excluding hydrogens is 718 g/mol. The summed E-state index contributed by atoms with van der Waals surface area (Å²) in [7, 11) is 2.59. The molecule has 1 heterocycles. The molecule has 0 N–H and O–H groups in total. The van der Waals surface area contributed by atoms with Gasteiger partial charge in [0.2, 0.25) is 6.29 Å². The van der Waals surface area contributed by atoms with Crippen molar-refractivity contribution in [2.45, 2.75) is 56.7 Å². The van der Waals surface area contributed by atoms with Crippen molar-refractivity contribution in [2.24, 2.45) is 10.1 Å². The maximum Gasteiger partial charge on any atom is 0.468 e. The number of rotatable bonds is 18. The first-order valence-electron chi connectivity index (χ1n) is 16.2. The number of halogens is 3. The van der Waals surface area contributed by atoms with E-state index in [4.69, 9.17) is 34.0 Å². The van der Waals surface area contributed by atoms with Crippen LogP contribution in [0.2, 0.25) is 0 Å². The molecule has 52 heavy (non-hydrogen) atoms. The van der Waals surface area contributed by atoms with Crippen LogP contribution in [-0.2, 0) is 48.2 Å². The third kappa shape index (κ3) is 12.6. The Balaban J connectivity index is 1.50. The van der Waals surface area contributed by atoms with Crippen LogP contribution >= 0.6 is 21.6 Å². The highest BCUT2D eigenvalue weighted by molar-refractivity contribution is 8.76. The summed E-state index contributed by atoms with van der Waals surface area (Å²) in [5.74, 6) is -1.15. The van der Waals surface area contributed by atoms with E-state index in [0.717, 1.165) is 16.7 Å². The monoisotopic (exact) mass is 754 g/mol. The van der Waals surface area contributed by atoms with Gasteiger partial charge in [-0.3, -0.25) is 0 Å². The van der Waals surface area contributed by atoms with Gasteiger partial charge >= 0.3 is 6.18 Å². The molecule has 10 nitrogen and oxygen atoms in total. The largest absolute Gasteiger partial charge is 0.468 e. The Labute approximate surface area is 307 Å². The first-order valence-corrected chi connectivity index (χ1v) is 18.7. The van der Waals surface area contributed by atoms with Gasteiger partial charge in [0.1, 0.15) is 30.4 Å². The molecule has 0 saturated carbocycles. The van der Waals surface area contributed by atoms with Crippen molar-refractivity contribution in [2.75, 3.05) is 18.4 Å². The molecule has 5 atom stereocenters. The molecule has 5 rings (SSSR count). The van der Waals surface area contributed by atoms with Gasteiger partial charge in [-0.05, 0) is 34.4 Å². The zero-order valence-corrected chi connectivity index (χ0v) is 29.5. The summed E-state index contributed by atoms with van der Waals surface area (Å²) in [4.78, 5) is 6.55. The molecule has 0 radical (unpaired) electrons. The van der Waals surface area contributed by atoms with Crippen LogP contribution in [0.4, 0.5) is 18.9 Å². The standard InChI is InChI=1S/C37H37F3N4O6S2/c38-37(39,40)36(43-30-19-11-4-12-20-30)50-35-34(48-23-29-17-9-3-10-18-29)33(47-22-28-15-7-2-8-16-28)32(46-21-27-13-5-1-6-14-27)31(49-35)24-45-26-52-51-25-42-44-41/h1-20,31-35H,21-26H2/t31?,32-,33?,34?,35-/m0/s1. The lowest BCUT2D eigenvalue weighted by molar-refractivity contribution is -0.315. The topological polar surface area (TPSA) is 117 Å². The quantitative estimate of drug-likeness (QED) is 0.0144. The Kier molecular flexibility index (Phi) is 15.7. The number of ether oxygens (including phenoxy) is 6. The number of aliphatic imine (C=N–C) groups is 1. The molecule has 1 aliphatic heterocycles. The Morgan fingerprint density at radius 2 is 1.19 bits per heavy atom. The van der Waals surface area contributed by atoms with Crippen molar-refractivity contribution in [1.29, 1.82) is 0 Å². The summed E-state index contributed by atoms with van der Waals surface area (Å²) < 4.78 is 81.2. The summed E-state index contributed by atoms with van der Waals surface area (Å²) in [6, 6.07) is 35.7. The summed E-state index contributed by atoms with van der Waals surface area (Å²) in [6.07, 6.45) is -10.7. The molecule has 0 bridgehead atoms. The molecule has 4 aromatic rings. The van der Waals surface area contributed by atoms with E-state index in [1.54, 1.807) is 18.2 Å². The number of benzene rings is 4. The predicted molar refractivity (Wildman–Crippen MR) is 194 cm³/mol. The van der Waals surface area contributed by atoms with Crippen LogP contribution in [0.1, 0.15) is 16.7 Å². The molecule has 1 aliphatic rings. The Hall–Kier alpha value is -4.05. The van der Waals surface area contributed by atoms with Gasteiger partial charge in [-0.25, -0.2) is 4.99 Å². The minimum Gasteiger partial charge on any atom is -0.441 e. The fourth-order valence-corrected chi connectivity index (χ4v) is 6.36. The van der Waals surface area contributed by atoms with E-state index in [1.807, 2.05) is 91.0 Å². The SMILES string of the molecule is [N-]=[N+]=NCSSCOCC1O[C@@H](OC(=Nc2ccccc2)C(F)(F)F)C(OCc2ccccc2)C(OCc2ccccc2)[C@H]1OCc1ccccc1. The highest BCUT2D eigenvalue weighted by atomic mass is 33.1. The second-order valence-corrected chi connectivity index (χ2v) is 13.7. The van der Waals surface area contributed by atoms with Crippen molar-refractivity contribution in [3.63, 3.8) is 0 Å². The molecule has 0 aromatic heterocycles. The predicted octanol–water partition coefficient (Wildman–Crippen LogP) is 9.40. The smallest absolute Gasteiger partial charge is 0.441 e. The van der Waals surface area contributed by atoms with E-state index < -0.39 is 42.8 Å². The van der Waals surface area contributed by atoms with E-state index in [2.05, 4.69) is 15.0 Å². The highest BCUT2D eigenvalue weighted by Gasteiger charge is 2.52. The molecular formula is C37H37F3N4O6S2. The van der Waals surface area contributed by atoms with Gasteiger partial charge in [-0.1, -0.05) is 136 Å². The normalized spacial score (nSPS) is 20.6. The lowest BCUT2D eigenvalue weighted by Gasteiger charge is -2.45. The van der Waals surface area contributed by atoms with Crippen LogP contribution < -0.4 is 0 Å². The molecule has 3 unspecified atom stereocenters. The second-order valence-electron chi connectivity index (χ2n) is 11.3. The number of azide groups is 1. The fraction of sp³-hybridized carbons (Fsp3) is 0.324. The molecule has 1 fully saturated rings. The number of hydrogen-bond acceptors (Lipinski definition) is 10. The van der Waals surface area contributed by atoms with E-state index >= 15 is 0 Å². The zero-order valence-electron chi connectivity index (χ0n) is 27.9. The molecule has 0 amide bonds. The van der Waals surface area contributed by atoms with Crippen LogP contribution in [-0.4, -0.2) is 61.2 Å². The van der Waals surface area contributed by atoms with E-state index in [0.29, 0.717) is 0 Å². The third-order valence-electron chi connectivity index (χ3n) is 7.57. The van der Waals surface area contributed by atoms with E-state index in [-0.39, 0.29) is 43.9 Å². The second kappa shape index (κ2) is 20.9. The van der Waals surface area contributed by atoms with Crippen molar-refractivity contribution in [1.82, 2.24) is 0 Å². The van der Waals surface area contributed by atoms with Crippen molar-refractivity contribution in [3.05, 3.63) is 148 Å². The van der Waals surface area contributed by atoms with Gasteiger partial charge in [0.05, 0.1) is 38.0 Å². The van der Waals surface area contributed by atoms with Crippen LogP contribution in [0.5, 0.6) is 0 Å². The third-order valence-corrected chi connectivity index (χ3v) is 9.33.